The van der Waals surface area contributed by atoms with Crippen LogP contribution in [0.15, 0.2) is 40.3 Å². The number of nitro groups is 1. The highest BCUT2D eigenvalue weighted by atomic mass is 32.1. The summed E-state index contributed by atoms with van der Waals surface area (Å²) in [5, 5.41) is 15.6. The van der Waals surface area contributed by atoms with E-state index >= 15 is 0 Å². The molecule has 25 heavy (non-hydrogen) atoms. The zero-order chi connectivity index (χ0) is 18.1. The first kappa shape index (κ1) is 16.5. The van der Waals surface area contributed by atoms with Crippen molar-refractivity contribution < 1.29 is 18.9 Å². The Hall–Kier alpha value is -3.33. The highest BCUT2D eigenvalue weighted by Gasteiger charge is 2.26. The van der Waals surface area contributed by atoms with Gasteiger partial charge in [0.25, 0.3) is 17.5 Å². The van der Waals surface area contributed by atoms with Crippen LogP contribution in [0.1, 0.15) is 11.3 Å². The number of carbonyl (C=O) groups is 2. The molecule has 3 rings (SSSR count). The second-order valence-corrected chi connectivity index (χ2v) is 5.61. The lowest BCUT2D eigenvalue weighted by atomic mass is 10.1. The lowest BCUT2D eigenvalue weighted by Crippen LogP contribution is -2.51. The molecular formula is C16H11N3O5S. The van der Waals surface area contributed by atoms with Crippen molar-refractivity contribution in [2.24, 2.45) is 0 Å². The summed E-state index contributed by atoms with van der Waals surface area (Å²) in [7, 11) is 0. The maximum atomic E-state index is 11.8. The number of furan rings is 1. The Kier molecular flexibility index (Phi) is 4.15. The van der Waals surface area contributed by atoms with E-state index in [1.807, 2.05) is 0 Å². The number of amides is 2. The van der Waals surface area contributed by atoms with Crippen LogP contribution in [-0.4, -0.2) is 21.9 Å². The molecule has 8 nitrogen and oxygen atoms in total. The molecule has 2 aromatic rings. The fraction of sp³-hybridized carbons (Fsp3) is 0.0625. The number of thiocarbonyl (C=S) groups is 1. The number of benzene rings is 1. The van der Waals surface area contributed by atoms with Gasteiger partial charge in [0.2, 0.25) is 0 Å². The SMILES string of the molecule is Cc1c(-c2ccc(C=C3C(=O)NC(=S)NC3=O)o2)cccc1[N+](=O)[O-]. The molecule has 1 aliphatic rings. The van der Waals surface area contributed by atoms with Gasteiger partial charge in [-0.2, -0.15) is 0 Å². The van der Waals surface area contributed by atoms with Crippen molar-refractivity contribution in [3.05, 3.63) is 57.3 Å². The molecule has 2 amide bonds. The summed E-state index contributed by atoms with van der Waals surface area (Å²) in [4.78, 5) is 34.2. The maximum absolute atomic E-state index is 11.8. The van der Waals surface area contributed by atoms with E-state index in [2.05, 4.69) is 10.6 Å². The highest BCUT2D eigenvalue weighted by molar-refractivity contribution is 7.80. The number of hydrogen-bond acceptors (Lipinski definition) is 6. The summed E-state index contributed by atoms with van der Waals surface area (Å²) in [5.74, 6) is -0.606. The Bertz CT molecular complexity index is 938. The Labute approximate surface area is 146 Å². The Balaban J connectivity index is 1.96. The van der Waals surface area contributed by atoms with Crippen LogP contribution in [0.3, 0.4) is 0 Å². The van der Waals surface area contributed by atoms with Crippen molar-refractivity contribution in [1.29, 1.82) is 0 Å². The minimum atomic E-state index is -0.627. The average Bonchev–Trinajstić information content (AvgIpc) is 2.99. The number of nitrogens with one attached hydrogen (secondary N) is 2. The molecule has 9 heteroatoms. The molecule has 0 radical (unpaired) electrons. The first-order valence-electron chi connectivity index (χ1n) is 7.09. The number of nitro benzene ring substituents is 1. The summed E-state index contributed by atoms with van der Waals surface area (Å²) in [6, 6.07) is 7.83. The van der Waals surface area contributed by atoms with Crippen LogP contribution in [-0.2, 0) is 9.59 Å². The third-order valence-corrected chi connectivity index (χ3v) is 3.83. The lowest BCUT2D eigenvalue weighted by Gasteiger charge is -2.15. The van der Waals surface area contributed by atoms with E-state index in [0.717, 1.165) is 0 Å². The topological polar surface area (TPSA) is 114 Å². The van der Waals surface area contributed by atoms with Crippen LogP contribution < -0.4 is 10.6 Å². The van der Waals surface area contributed by atoms with E-state index < -0.39 is 16.7 Å². The van der Waals surface area contributed by atoms with E-state index in [1.54, 1.807) is 31.2 Å². The third kappa shape index (κ3) is 3.17. The molecule has 2 heterocycles. The van der Waals surface area contributed by atoms with E-state index in [-0.39, 0.29) is 22.1 Å². The van der Waals surface area contributed by atoms with Gasteiger partial charge in [0, 0.05) is 17.2 Å². The lowest BCUT2D eigenvalue weighted by molar-refractivity contribution is -0.385. The van der Waals surface area contributed by atoms with Crippen LogP contribution in [0.2, 0.25) is 0 Å². The van der Waals surface area contributed by atoms with E-state index in [9.17, 15) is 19.7 Å². The predicted octanol–water partition coefficient (Wildman–Crippen LogP) is 2.08. The number of rotatable bonds is 3. The van der Waals surface area contributed by atoms with Gasteiger partial charge < -0.3 is 4.42 Å². The van der Waals surface area contributed by atoms with Gasteiger partial charge in [-0.15, -0.1) is 0 Å². The van der Waals surface area contributed by atoms with E-state index in [4.69, 9.17) is 16.6 Å². The van der Waals surface area contributed by atoms with Crippen molar-refractivity contribution in [1.82, 2.24) is 10.6 Å². The second-order valence-electron chi connectivity index (χ2n) is 5.20. The molecule has 0 unspecified atom stereocenters. The minimum Gasteiger partial charge on any atom is -0.457 e. The molecule has 1 aromatic heterocycles. The number of nitrogens with zero attached hydrogens (tertiary/aromatic N) is 1. The third-order valence-electron chi connectivity index (χ3n) is 3.62. The minimum absolute atomic E-state index is 0.0200. The van der Waals surface area contributed by atoms with Gasteiger partial charge in [0.15, 0.2) is 5.11 Å². The van der Waals surface area contributed by atoms with Crippen LogP contribution in [0.5, 0.6) is 0 Å². The average molecular weight is 357 g/mol. The zero-order valence-electron chi connectivity index (χ0n) is 12.9. The standard InChI is InChI=1S/C16H11N3O5S/c1-8-10(3-2-4-12(8)19(22)23)13-6-5-9(24-13)7-11-14(20)17-16(25)18-15(11)21/h2-7H,1H3,(H2,17,18,20,21,25). The summed E-state index contributed by atoms with van der Waals surface area (Å²) >= 11 is 4.72. The molecule has 2 N–H and O–H groups in total. The van der Waals surface area contributed by atoms with Gasteiger partial charge in [0.1, 0.15) is 17.1 Å². The Morgan fingerprint density at radius 3 is 2.48 bits per heavy atom. The largest absolute Gasteiger partial charge is 0.457 e. The molecule has 0 spiro atoms. The molecular weight excluding hydrogens is 346 g/mol. The van der Waals surface area contributed by atoms with Crippen molar-refractivity contribution in [3.63, 3.8) is 0 Å². The van der Waals surface area contributed by atoms with Gasteiger partial charge in [-0.3, -0.25) is 30.3 Å². The van der Waals surface area contributed by atoms with Crippen molar-refractivity contribution in [2.75, 3.05) is 0 Å². The summed E-state index contributed by atoms with van der Waals surface area (Å²) in [5.41, 5.74) is 0.843. The number of hydrogen-bond donors (Lipinski definition) is 2. The maximum Gasteiger partial charge on any atom is 0.273 e. The van der Waals surface area contributed by atoms with Crippen LogP contribution in [0.4, 0.5) is 5.69 Å². The van der Waals surface area contributed by atoms with Crippen LogP contribution in [0.25, 0.3) is 17.4 Å². The molecule has 0 bridgehead atoms. The van der Waals surface area contributed by atoms with Gasteiger partial charge in [-0.25, -0.2) is 0 Å². The quantitative estimate of drug-likeness (QED) is 0.286. The van der Waals surface area contributed by atoms with Crippen molar-refractivity contribution >= 4 is 40.9 Å². The molecule has 126 valence electrons. The molecule has 1 aliphatic heterocycles. The zero-order valence-corrected chi connectivity index (χ0v) is 13.7. The van der Waals surface area contributed by atoms with Crippen LogP contribution >= 0.6 is 12.2 Å². The molecule has 0 aliphatic carbocycles. The highest BCUT2D eigenvalue weighted by Crippen LogP contribution is 2.31. The fourth-order valence-electron chi connectivity index (χ4n) is 2.41. The molecule has 0 atom stereocenters. The van der Waals surface area contributed by atoms with Crippen LogP contribution in [0, 0.1) is 17.0 Å². The van der Waals surface area contributed by atoms with Gasteiger partial charge in [-0.1, -0.05) is 12.1 Å². The molecule has 0 saturated carbocycles. The monoisotopic (exact) mass is 357 g/mol. The first-order valence-corrected chi connectivity index (χ1v) is 7.50. The second kappa shape index (κ2) is 6.29. The van der Waals surface area contributed by atoms with Gasteiger partial charge in [-0.05, 0) is 37.4 Å². The predicted molar refractivity (Wildman–Crippen MR) is 92.4 cm³/mol. The molecule has 1 fully saturated rings. The van der Waals surface area contributed by atoms with Crippen molar-refractivity contribution in [2.45, 2.75) is 6.92 Å². The molecule has 1 aromatic carbocycles. The first-order chi connectivity index (χ1) is 11.9. The Morgan fingerprint density at radius 1 is 1.16 bits per heavy atom. The van der Waals surface area contributed by atoms with Crippen molar-refractivity contribution in [3.8, 4) is 11.3 Å². The smallest absolute Gasteiger partial charge is 0.273 e. The van der Waals surface area contributed by atoms with Gasteiger partial charge >= 0.3 is 0 Å². The fourth-order valence-corrected chi connectivity index (χ4v) is 2.60. The van der Waals surface area contributed by atoms with Gasteiger partial charge in [0.05, 0.1) is 4.92 Å². The normalized spacial score (nSPS) is 14.1. The summed E-state index contributed by atoms with van der Waals surface area (Å²) in [6.45, 7) is 1.62. The summed E-state index contributed by atoms with van der Waals surface area (Å²) < 4.78 is 5.62. The van der Waals surface area contributed by atoms with E-state index in [1.165, 1.54) is 12.1 Å². The Morgan fingerprint density at radius 2 is 1.84 bits per heavy atom. The molecule has 1 saturated heterocycles. The summed E-state index contributed by atoms with van der Waals surface area (Å²) in [6.07, 6.45) is 1.28. The van der Waals surface area contributed by atoms with E-state index in [0.29, 0.717) is 16.9 Å². The number of carbonyl (C=O) groups excluding carboxylic acids is 2.